The first-order valence-electron chi connectivity index (χ1n) is 22.7. The Kier molecular flexibility index (Phi) is 9.25. The maximum absolute atomic E-state index is 6.99. The first kappa shape index (κ1) is 39.4. The van der Waals surface area contributed by atoms with Gasteiger partial charge in [-0.15, -0.1) is 0 Å². The van der Waals surface area contributed by atoms with Crippen LogP contribution in [-0.4, -0.2) is 15.0 Å². The van der Waals surface area contributed by atoms with E-state index in [1.807, 2.05) is 6.07 Å². The van der Waals surface area contributed by atoms with Gasteiger partial charge >= 0.3 is 0 Å². The number of aromatic nitrogens is 3. The highest BCUT2D eigenvalue weighted by molar-refractivity contribution is 5.84. The molecule has 1 atom stereocenters. The Bertz CT molecular complexity index is 3470. The Morgan fingerprint density at radius 3 is 1.36 bits per heavy atom. The molecule has 0 spiro atoms. The summed E-state index contributed by atoms with van der Waals surface area (Å²) in [6.45, 7) is 6.78. The van der Waals surface area contributed by atoms with E-state index in [1.54, 1.807) is 0 Å². The van der Waals surface area contributed by atoms with Crippen LogP contribution in [0, 0.1) is 0 Å². The number of rotatable bonds is 7. The summed E-state index contributed by atoms with van der Waals surface area (Å²) in [7, 11) is 0. The number of ether oxygens (including phenoxy) is 1. The minimum atomic E-state index is -0.631. The minimum Gasteiger partial charge on any atom is -0.477 e. The van der Waals surface area contributed by atoms with E-state index < -0.39 is 5.60 Å². The van der Waals surface area contributed by atoms with Crippen molar-refractivity contribution in [3.05, 3.63) is 241 Å². The molecular formula is C62H45N3O. The van der Waals surface area contributed by atoms with Crippen LogP contribution in [0.5, 0.6) is 5.75 Å². The van der Waals surface area contributed by atoms with Gasteiger partial charge in [-0.05, 0) is 91.9 Å². The molecule has 0 saturated heterocycles. The van der Waals surface area contributed by atoms with Crippen LogP contribution in [0.2, 0.25) is 0 Å². The lowest BCUT2D eigenvalue weighted by Gasteiger charge is -2.38. The second-order valence-corrected chi connectivity index (χ2v) is 18.1. The van der Waals surface area contributed by atoms with Crippen molar-refractivity contribution in [1.82, 2.24) is 15.0 Å². The summed E-state index contributed by atoms with van der Waals surface area (Å²) in [5.74, 6) is 2.75. The van der Waals surface area contributed by atoms with Gasteiger partial charge in [0.1, 0.15) is 5.75 Å². The fraction of sp³-hybridized carbons (Fsp3) is 0.0806. The molecule has 4 nitrogen and oxygen atoms in total. The summed E-state index contributed by atoms with van der Waals surface area (Å²) >= 11 is 0. The predicted molar refractivity (Wildman–Crippen MR) is 269 cm³/mol. The molecule has 1 unspecified atom stereocenters. The fourth-order valence-corrected chi connectivity index (χ4v) is 10.1. The molecule has 2 heterocycles. The van der Waals surface area contributed by atoms with Gasteiger partial charge < -0.3 is 4.74 Å². The Hall–Kier alpha value is -8.21. The molecule has 0 amide bonds. The van der Waals surface area contributed by atoms with Crippen molar-refractivity contribution in [2.24, 2.45) is 0 Å². The van der Waals surface area contributed by atoms with Gasteiger partial charge in [0.25, 0.3) is 0 Å². The molecule has 4 heteroatoms. The highest BCUT2D eigenvalue weighted by Crippen LogP contribution is 2.51. The number of nitrogens with zero attached hydrogens (tertiary/aromatic N) is 3. The highest BCUT2D eigenvalue weighted by Gasteiger charge is 2.38. The van der Waals surface area contributed by atoms with Crippen molar-refractivity contribution < 1.29 is 4.74 Å². The third kappa shape index (κ3) is 6.64. The van der Waals surface area contributed by atoms with Gasteiger partial charge in [0.05, 0.1) is 0 Å². The summed E-state index contributed by atoms with van der Waals surface area (Å²) in [4.78, 5) is 15.6. The first-order valence-corrected chi connectivity index (χ1v) is 22.7. The topological polar surface area (TPSA) is 47.9 Å². The van der Waals surface area contributed by atoms with Crippen molar-refractivity contribution >= 4 is 0 Å². The summed E-state index contributed by atoms with van der Waals surface area (Å²) in [5.41, 5.74) is 18.5. The number of benzene rings is 9. The van der Waals surface area contributed by atoms with Crippen molar-refractivity contribution in [3.8, 4) is 95.5 Å². The highest BCUT2D eigenvalue weighted by atomic mass is 16.5. The van der Waals surface area contributed by atoms with E-state index >= 15 is 0 Å². The molecule has 0 fully saturated rings. The van der Waals surface area contributed by atoms with Crippen LogP contribution in [0.4, 0.5) is 0 Å². The zero-order valence-corrected chi connectivity index (χ0v) is 37.0. The Balaban J connectivity index is 0.917. The molecule has 2 aliphatic rings. The van der Waals surface area contributed by atoms with Gasteiger partial charge in [0, 0.05) is 33.2 Å². The predicted octanol–water partition coefficient (Wildman–Crippen LogP) is 15.5. The Morgan fingerprint density at radius 1 is 0.303 bits per heavy atom. The molecule has 0 N–H and O–H groups in total. The van der Waals surface area contributed by atoms with Gasteiger partial charge in [-0.2, -0.15) is 0 Å². The van der Waals surface area contributed by atoms with Crippen molar-refractivity contribution in [3.63, 3.8) is 0 Å². The van der Waals surface area contributed by atoms with Crippen molar-refractivity contribution in [2.75, 3.05) is 0 Å². The quantitative estimate of drug-likeness (QED) is 0.160. The van der Waals surface area contributed by atoms with Crippen molar-refractivity contribution in [2.45, 2.75) is 31.8 Å². The summed E-state index contributed by atoms with van der Waals surface area (Å²) in [5, 5.41) is 0. The van der Waals surface area contributed by atoms with Crippen LogP contribution < -0.4 is 4.74 Å². The van der Waals surface area contributed by atoms with E-state index in [1.165, 1.54) is 38.9 Å². The second-order valence-electron chi connectivity index (χ2n) is 18.1. The lowest BCUT2D eigenvalue weighted by Crippen LogP contribution is -2.34. The fourth-order valence-electron chi connectivity index (χ4n) is 10.1. The maximum Gasteiger partial charge on any atom is 0.164 e. The number of hydrogen-bond donors (Lipinski definition) is 0. The number of fused-ring (bicyclic) bond motifs is 6. The van der Waals surface area contributed by atoms with Crippen LogP contribution in [0.15, 0.2) is 218 Å². The standard InChI is InChI=1S/C62H45N3O/c1-61(2)54-23-12-10-21-50(54)52-35-34-48(38-56(52)61)60-64-58(43-29-25-41(26-30-43)46-18-14-17-45(37-46)40-15-6-4-7-16-40)63-59(65-60)44-31-27-42(28-32-44)47-33-36-53-51-22-11-13-24-55(51)62(3,66-57(53)39-47)49-19-8-5-9-20-49/h4-39H,1-3H3. The Morgan fingerprint density at radius 2 is 0.727 bits per heavy atom. The van der Waals surface area contributed by atoms with Gasteiger partial charge in [0.15, 0.2) is 23.1 Å². The first-order chi connectivity index (χ1) is 32.3. The second kappa shape index (κ2) is 15.5. The molecule has 9 aromatic carbocycles. The zero-order chi connectivity index (χ0) is 44.4. The van der Waals surface area contributed by atoms with E-state index in [4.69, 9.17) is 19.7 Å². The molecule has 0 bridgehead atoms. The molecular weight excluding hydrogens is 803 g/mol. The molecule has 0 saturated carbocycles. The van der Waals surface area contributed by atoms with E-state index in [-0.39, 0.29) is 5.41 Å². The van der Waals surface area contributed by atoms with Gasteiger partial charge in [-0.25, -0.2) is 15.0 Å². The Labute approximate surface area is 386 Å². The smallest absolute Gasteiger partial charge is 0.164 e. The zero-order valence-electron chi connectivity index (χ0n) is 37.0. The molecule has 1 aromatic heterocycles. The lowest BCUT2D eigenvalue weighted by atomic mass is 9.80. The summed E-state index contributed by atoms with van der Waals surface area (Å²) in [6, 6.07) is 77.4. The monoisotopic (exact) mass is 847 g/mol. The van der Waals surface area contributed by atoms with Crippen LogP contribution >= 0.6 is 0 Å². The van der Waals surface area contributed by atoms with Crippen LogP contribution in [0.25, 0.3) is 89.8 Å². The molecule has 1 aliphatic heterocycles. The van der Waals surface area contributed by atoms with E-state index in [0.717, 1.165) is 61.4 Å². The normalized spacial score (nSPS) is 15.2. The molecule has 12 rings (SSSR count). The van der Waals surface area contributed by atoms with Crippen molar-refractivity contribution in [1.29, 1.82) is 0 Å². The van der Waals surface area contributed by atoms with Gasteiger partial charge in [-0.3, -0.25) is 0 Å². The van der Waals surface area contributed by atoms with Crippen LogP contribution in [-0.2, 0) is 11.0 Å². The molecule has 314 valence electrons. The summed E-state index contributed by atoms with van der Waals surface area (Å²) < 4.78 is 6.99. The molecule has 10 aromatic rings. The average molecular weight is 848 g/mol. The van der Waals surface area contributed by atoms with E-state index in [0.29, 0.717) is 17.5 Å². The van der Waals surface area contributed by atoms with Gasteiger partial charge in [-0.1, -0.05) is 214 Å². The lowest BCUT2D eigenvalue weighted by molar-refractivity contribution is 0.129. The molecule has 66 heavy (non-hydrogen) atoms. The summed E-state index contributed by atoms with van der Waals surface area (Å²) in [6.07, 6.45) is 0. The third-order valence-corrected chi connectivity index (χ3v) is 13.8. The SMILES string of the molecule is CC1(C)c2ccccc2-c2ccc(-c3nc(-c4ccc(-c5cccc(-c6ccccc6)c5)cc4)nc(-c4ccc(-c5ccc6c(c5)OC(C)(c5ccccc5)c5ccccc5-6)cc4)n3)cc21. The molecule has 0 radical (unpaired) electrons. The van der Waals surface area contributed by atoms with Crippen LogP contribution in [0.1, 0.15) is 43.0 Å². The minimum absolute atomic E-state index is 0.157. The van der Waals surface area contributed by atoms with E-state index in [9.17, 15) is 0 Å². The van der Waals surface area contributed by atoms with Gasteiger partial charge in [0.2, 0.25) is 0 Å². The average Bonchev–Trinajstić information content (AvgIpc) is 3.61. The molecule has 1 aliphatic carbocycles. The van der Waals surface area contributed by atoms with Crippen LogP contribution in [0.3, 0.4) is 0 Å². The third-order valence-electron chi connectivity index (χ3n) is 13.8. The number of hydrogen-bond acceptors (Lipinski definition) is 4. The maximum atomic E-state index is 6.99. The van der Waals surface area contributed by atoms with E-state index in [2.05, 4.69) is 233 Å². The largest absolute Gasteiger partial charge is 0.477 e.